The summed E-state index contributed by atoms with van der Waals surface area (Å²) < 4.78 is 13.2. The third kappa shape index (κ3) is 2.03. The van der Waals surface area contributed by atoms with Gasteiger partial charge in [0.25, 0.3) is 0 Å². The highest BCUT2D eigenvalue weighted by Crippen LogP contribution is 2.27. The maximum absolute atomic E-state index is 12.7. The highest BCUT2D eigenvalue weighted by Gasteiger charge is 2.07. The summed E-state index contributed by atoms with van der Waals surface area (Å²) in [5.74, 6) is -0.300. The smallest absolute Gasteiger partial charge is 0.167 e. The highest BCUT2D eigenvalue weighted by atomic mass is 32.1. The number of H-pyrrole nitrogens is 1. The van der Waals surface area contributed by atoms with Gasteiger partial charge in [-0.2, -0.15) is 0 Å². The molecule has 0 saturated heterocycles. The molecule has 0 aliphatic rings. The number of carbonyl (C=O) groups excluding carboxylic acids is 1. The number of hydrogen-bond donors (Lipinski definition) is 1. The molecule has 2 aromatic rings. The standard InChI is InChI=1S/C10H6FNOS2/c11-7-3-1-6(2-4-7)9-8(5-13)12-10(14)15-9/h1-5H,(H,12,14). The van der Waals surface area contributed by atoms with Crippen molar-refractivity contribution in [3.05, 3.63) is 39.7 Å². The number of benzene rings is 1. The summed E-state index contributed by atoms with van der Waals surface area (Å²) in [5, 5.41) is 0. The zero-order valence-corrected chi connectivity index (χ0v) is 9.12. The lowest BCUT2D eigenvalue weighted by molar-refractivity contribution is 0.112. The molecule has 15 heavy (non-hydrogen) atoms. The molecule has 0 unspecified atom stereocenters. The first kappa shape index (κ1) is 10.2. The number of nitrogens with one attached hydrogen (secondary N) is 1. The third-order valence-electron chi connectivity index (χ3n) is 1.90. The van der Waals surface area contributed by atoms with E-state index in [4.69, 9.17) is 12.2 Å². The molecule has 1 aromatic heterocycles. The van der Waals surface area contributed by atoms with Crippen molar-refractivity contribution in [3.8, 4) is 10.4 Å². The summed E-state index contributed by atoms with van der Waals surface area (Å²) in [4.78, 5) is 14.3. The predicted molar refractivity (Wildman–Crippen MR) is 60.3 cm³/mol. The minimum atomic E-state index is -0.300. The van der Waals surface area contributed by atoms with Crippen molar-refractivity contribution in [3.63, 3.8) is 0 Å². The van der Waals surface area contributed by atoms with E-state index in [1.54, 1.807) is 12.1 Å². The fourth-order valence-corrected chi connectivity index (χ4v) is 2.41. The van der Waals surface area contributed by atoms with Crippen LogP contribution in [0.4, 0.5) is 4.39 Å². The zero-order valence-electron chi connectivity index (χ0n) is 7.49. The second kappa shape index (κ2) is 4.04. The van der Waals surface area contributed by atoms with Gasteiger partial charge in [-0.1, -0.05) is 12.1 Å². The molecule has 0 aliphatic heterocycles. The van der Waals surface area contributed by atoms with Crippen LogP contribution in [0.15, 0.2) is 24.3 Å². The molecule has 76 valence electrons. The maximum atomic E-state index is 12.7. The second-order valence-corrected chi connectivity index (χ2v) is 4.57. The van der Waals surface area contributed by atoms with Crippen molar-refractivity contribution < 1.29 is 9.18 Å². The summed E-state index contributed by atoms with van der Waals surface area (Å²) in [7, 11) is 0. The van der Waals surface area contributed by atoms with E-state index in [0.29, 0.717) is 15.9 Å². The number of thiazole rings is 1. The first-order valence-corrected chi connectivity index (χ1v) is 5.37. The molecule has 1 aromatic carbocycles. The van der Waals surface area contributed by atoms with E-state index < -0.39 is 0 Å². The zero-order chi connectivity index (χ0) is 10.8. The van der Waals surface area contributed by atoms with Crippen LogP contribution in [0.5, 0.6) is 0 Å². The average molecular weight is 239 g/mol. The average Bonchev–Trinajstić information content (AvgIpc) is 2.61. The van der Waals surface area contributed by atoms with Crippen LogP contribution in [-0.2, 0) is 0 Å². The molecule has 2 rings (SSSR count). The van der Waals surface area contributed by atoms with Crippen LogP contribution in [0.3, 0.4) is 0 Å². The van der Waals surface area contributed by atoms with E-state index in [2.05, 4.69) is 4.98 Å². The van der Waals surface area contributed by atoms with Gasteiger partial charge in [-0.05, 0) is 29.9 Å². The summed E-state index contributed by atoms with van der Waals surface area (Å²) in [6.07, 6.45) is 0.713. The van der Waals surface area contributed by atoms with E-state index in [0.717, 1.165) is 10.4 Å². The van der Waals surface area contributed by atoms with Crippen LogP contribution in [-0.4, -0.2) is 11.3 Å². The van der Waals surface area contributed by atoms with Gasteiger partial charge in [-0.25, -0.2) is 4.39 Å². The van der Waals surface area contributed by atoms with Crippen molar-refractivity contribution in [2.45, 2.75) is 0 Å². The van der Waals surface area contributed by atoms with Crippen LogP contribution < -0.4 is 0 Å². The lowest BCUT2D eigenvalue weighted by Gasteiger charge is -1.97. The van der Waals surface area contributed by atoms with E-state index in [-0.39, 0.29) is 5.82 Å². The van der Waals surface area contributed by atoms with Crippen LogP contribution in [0, 0.1) is 9.77 Å². The van der Waals surface area contributed by atoms with Gasteiger partial charge >= 0.3 is 0 Å². The van der Waals surface area contributed by atoms with E-state index in [1.807, 2.05) is 0 Å². The number of aromatic nitrogens is 1. The number of aldehydes is 1. The normalized spacial score (nSPS) is 10.2. The predicted octanol–water partition coefficient (Wildman–Crippen LogP) is 3.42. The largest absolute Gasteiger partial charge is 0.334 e. The van der Waals surface area contributed by atoms with Gasteiger partial charge in [0.2, 0.25) is 0 Å². The molecule has 1 heterocycles. The maximum Gasteiger partial charge on any atom is 0.167 e. The van der Waals surface area contributed by atoms with Crippen molar-refractivity contribution in [1.29, 1.82) is 0 Å². The SMILES string of the molecule is O=Cc1[nH]c(=S)sc1-c1ccc(F)cc1. The van der Waals surface area contributed by atoms with Crippen molar-refractivity contribution in [1.82, 2.24) is 4.98 Å². The Morgan fingerprint density at radius 1 is 1.33 bits per heavy atom. The van der Waals surface area contributed by atoms with Crippen LogP contribution in [0.1, 0.15) is 10.5 Å². The van der Waals surface area contributed by atoms with Gasteiger partial charge in [0.1, 0.15) is 5.82 Å². The topological polar surface area (TPSA) is 32.9 Å². The molecule has 5 heteroatoms. The lowest BCUT2D eigenvalue weighted by atomic mass is 10.1. The molecule has 0 radical (unpaired) electrons. The minimum absolute atomic E-state index is 0.300. The number of carbonyl (C=O) groups is 1. The van der Waals surface area contributed by atoms with Crippen LogP contribution >= 0.6 is 23.6 Å². The summed E-state index contributed by atoms with van der Waals surface area (Å²) >= 11 is 6.25. The summed E-state index contributed by atoms with van der Waals surface area (Å²) in [5.41, 5.74) is 1.23. The summed E-state index contributed by atoms with van der Waals surface area (Å²) in [6, 6.07) is 5.95. The Labute approximate surface area is 94.4 Å². The minimum Gasteiger partial charge on any atom is -0.334 e. The van der Waals surface area contributed by atoms with Gasteiger partial charge < -0.3 is 4.98 Å². The Hall–Kier alpha value is -1.33. The van der Waals surface area contributed by atoms with Gasteiger partial charge in [-0.15, -0.1) is 11.3 Å². The Bertz CT molecular complexity index is 541. The molecule has 1 N–H and O–H groups in total. The molecule has 2 nitrogen and oxygen atoms in total. The number of hydrogen-bond acceptors (Lipinski definition) is 3. The van der Waals surface area contributed by atoms with Crippen LogP contribution in [0.2, 0.25) is 0 Å². The Balaban J connectivity index is 2.57. The number of aromatic amines is 1. The first-order valence-electron chi connectivity index (χ1n) is 4.15. The van der Waals surface area contributed by atoms with Gasteiger partial charge in [0.15, 0.2) is 10.2 Å². The van der Waals surface area contributed by atoms with Gasteiger partial charge in [-0.3, -0.25) is 4.79 Å². The van der Waals surface area contributed by atoms with Gasteiger partial charge in [0, 0.05) is 0 Å². The van der Waals surface area contributed by atoms with Crippen molar-refractivity contribution in [2.75, 3.05) is 0 Å². The quantitative estimate of drug-likeness (QED) is 0.643. The molecule has 0 amide bonds. The number of rotatable bonds is 2. The fourth-order valence-electron chi connectivity index (χ4n) is 1.24. The molecule has 0 bridgehead atoms. The molecular formula is C10H6FNOS2. The van der Waals surface area contributed by atoms with E-state index in [9.17, 15) is 9.18 Å². The van der Waals surface area contributed by atoms with Crippen LogP contribution in [0.25, 0.3) is 10.4 Å². The Morgan fingerprint density at radius 2 is 2.00 bits per heavy atom. The van der Waals surface area contributed by atoms with Gasteiger partial charge in [0.05, 0.1) is 10.6 Å². The molecule has 0 fully saturated rings. The Morgan fingerprint density at radius 3 is 2.60 bits per heavy atom. The fraction of sp³-hybridized carbons (Fsp3) is 0. The molecule has 0 aliphatic carbocycles. The first-order chi connectivity index (χ1) is 7.20. The van der Waals surface area contributed by atoms with Crippen molar-refractivity contribution >= 4 is 29.8 Å². The molecule has 0 atom stereocenters. The molecular weight excluding hydrogens is 233 g/mol. The monoisotopic (exact) mass is 239 g/mol. The lowest BCUT2D eigenvalue weighted by Crippen LogP contribution is -1.83. The van der Waals surface area contributed by atoms with Crippen molar-refractivity contribution in [2.24, 2.45) is 0 Å². The molecule has 0 saturated carbocycles. The van der Waals surface area contributed by atoms with E-state index in [1.165, 1.54) is 23.5 Å². The molecule has 0 spiro atoms. The van der Waals surface area contributed by atoms with E-state index >= 15 is 0 Å². The summed E-state index contributed by atoms with van der Waals surface area (Å²) in [6.45, 7) is 0. The highest BCUT2D eigenvalue weighted by molar-refractivity contribution is 7.73. The number of halogens is 1. The second-order valence-electron chi connectivity index (χ2n) is 2.88. The third-order valence-corrected chi connectivity index (χ3v) is 3.20. The Kier molecular flexibility index (Phi) is 2.75.